The Labute approximate surface area is 198 Å². The molecule has 3 rings (SSSR count). The molecule has 0 aliphatic rings. The summed E-state index contributed by atoms with van der Waals surface area (Å²) in [6, 6.07) is 21.4. The number of nitrogens with zero attached hydrogens (tertiary/aromatic N) is 1. The molecule has 0 heterocycles. The molecule has 8 heteroatoms. The van der Waals surface area contributed by atoms with E-state index < -0.39 is 11.0 Å². The van der Waals surface area contributed by atoms with Crippen LogP contribution in [0.1, 0.15) is 29.7 Å². The fourth-order valence-electron chi connectivity index (χ4n) is 3.56. The van der Waals surface area contributed by atoms with E-state index >= 15 is 0 Å². The molecule has 0 saturated carbocycles. The zero-order valence-electron chi connectivity index (χ0n) is 19.1. The highest BCUT2D eigenvalue weighted by molar-refractivity contribution is 5.89. The van der Waals surface area contributed by atoms with Gasteiger partial charge in [-0.1, -0.05) is 54.6 Å². The highest BCUT2D eigenvalue weighted by Gasteiger charge is 2.24. The van der Waals surface area contributed by atoms with Crippen LogP contribution in [0.4, 0.5) is 5.69 Å². The smallest absolute Gasteiger partial charge is 0.269 e. The summed E-state index contributed by atoms with van der Waals surface area (Å²) in [5.41, 5.74) is 2.20. The Balaban J connectivity index is 1.75. The van der Waals surface area contributed by atoms with E-state index in [4.69, 9.17) is 4.74 Å². The first kappa shape index (κ1) is 24.4. The lowest BCUT2D eigenvalue weighted by molar-refractivity contribution is -0.384. The van der Waals surface area contributed by atoms with Crippen LogP contribution >= 0.6 is 0 Å². The molecule has 0 aliphatic carbocycles. The lowest BCUT2D eigenvalue weighted by atomic mass is 10.0. The van der Waals surface area contributed by atoms with E-state index in [0.29, 0.717) is 11.3 Å². The number of rotatable bonds is 10. The molecule has 0 radical (unpaired) electrons. The molecule has 2 amide bonds. The maximum Gasteiger partial charge on any atom is 0.269 e. The number of ether oxygens (including phenoxy) is 1. The molecule has 3 aromatic carbocycles. The van der Waals surface area contributed by atoms with Crippen molar-refractivity contribution in [2.24, 2.45) is 0 Å². The van der Waals surface area contributed by atoms with Crippen molar-refractivity contribution in [3.05, 3.63) is 106 Å². The first-order valence-electron chi connectivity index (χ1n) is 10.9. The summed E-state index contributed by atoms with van der Waals surface area (Å²) < 4.78 is 5.14. The Bertz CT molecular complexity index is 1130. The Morgan fingerprint density at radius 2 is 1.65 bits per heavy atom. The molecule has 2 N–H and O–H groups in total. The van der Waals surface area contributed by atoms with E-state index in [0.717, 1.165) is 11.1 Å². The molecular formula is C26H27N3O5. The van der Waals surface area contributed by atoms with Gasteiger partial charge < -0.3 is 15.4 Å². The Hall–Kier alpha value is -4.20. The quantitative estimate of drug-likeness (QED) is 0.353. The van der Waals surface area contributed by atoms with E-state index in [1.165, 1.54) is 12.1 Å². The van der Waals surface area contributed by atoms with E-state index in [2.05, 4.69) is 10.6 Å². The van der Waals surface area contributed by atoms with Crippen LogP contribution in [0.5, 0.6) is 5.75 Å². The Morgan fingerprint density at radius 3 is 2.29 bits per heavy atom. The second-order valence-corrected chi connectivity index (χ2v) is 7.92. The summed E-state index contributed by atoms with van der Waals surface area (Å²) in [4.78, 5) is 36.6. The number of carbonyl (C=O) groups excluding carboxylic acids is 2. The van der Waals surface area contributed by atoms with Crippen molar-refractivity contribution >= 4 is 17.5 Å². The van der Waals surface area contributed by atoms with Crippen LogP contribution in [-0.4, -0.2) is 29.9 Å². The van der Waals surface area contributed by atoms with Gasteiger partial charge in [0.05, 0.1) is 24.5 Å². The average Bonchev–Trinajstić information content (AvgIpc) is 2.84. The summed E-state index contributed by atoms with van der Waals surface area (Å²) >= 11 is 0. The number of hydrogen-bond donors (Lipinski definition) is 2. The first-order chi connectivity index (χ1) is 16.4. The molecular weight excluding hydrogens is 434 g/mol. The summed E-state index contributed by atoms with van der Waals surface area (Å²) in [5, 5.41) is 16.9. The van der Waals surface area contributed by atoms with Gasteiger partial charge in [0.15, 0.2) is 0 Å². The highest BCUT2D eigenvalue weighted by Crippen LogP contribution is 2.17. The number of amides is 2. The number of nitro groups is 1. The third kappa shape index (κ3) is 6.90. The second-order valence-electron chi connectivity index (χ2n) is 7.92. The van der Waals surface area contributed by atoms with Crippen molar-refractivity contribution in [1.29, 1.82) is 0 Å². The first-order valence-corrected chi connectivity index (χ1v) is 10.9. The number of non-ortho nitro benzene ring substituents is 1. The van der Waals surface area contributed by atoms with Crippen LogP contribution in [0, 0.1) is 10.1 Å². The molecule has 0 unspecified atom stereocenters. The summed E-state index contributed by atoms with van der Waals surface area (Å²) in [5.74, 6) is -0.0176. The largest absolute Gasteiger partial charge is 0.497 e. The van der Waals surface area contributed by atoms with Gasteiger partial charge in [-0.3, -0.25) is 19.7 Å². The molecule has 0 aliphatic heterocycles. The minimum atomic E-state index is -0.904. The van der Waals surface area contributed by atoms with Crippen molar-refractivity contribution < 1.29 is 19.2 Å². The number of nitrogens with one attached hydrogen (secondary N) is 2. The van der Waals surface area contributed by atoms with Gasteiger partial charge >= 0.3 is 0 Å². The lowest BCUT2D eigenvalue weighted by Gasteiger charge is -2.22. The van der Waals surface area contributed by atoms with Crippen LogP contribution in [-0.2, 0) is 22.4 Å². The molecule has 2 atom stereocenters. The van der Waals surface area contributed by atoms with Crippen molar-refractivity contribution in [3.8, 4) is 5.75 Å². The van der Waals surface area contributed by atoms with Gasteiger partial charge in [0.1, 0.15) is 11.8 Å². The van der Waals surface area contributed by atoms with Gasteiger partial charge in [0.25, 0.3) is 5.69 Å². The Kier molecular flexibility index (Phi) is 8.34. The van der Waals surface area contributed by atoms with Crippen molar-refractivity contribution in [3.63, 3.8) is 0 Å². The molecule has 8 nitrogen and oxygen atoms in total. The summed E-state index contributed by atoms with van der Waals surface area (Å²) in [7, 11) is 1.56. The third-order valence-electron chi connectivity index (χ3n) is 5.39. The van der Waals surface area contributed by atoms with Gasteiger partial charge in [-0.25, -0.2) is 0 Å². The molecule has 0 fully saturated rings. The minimum Gasteiger partial charge on any atom is -0.497 e. The van der Waals surface area contributed by atoms with Crippen molar-refractivity contribution in [2.45, 2.75) is 31.8 Å². The maximum absolute atomic E-state index is 13.1. The van der Waals surface area contributed by atoms with Crippen LogP contribution in [0.25, 0.3) is 0 Å². The fraction of sp³-hybridized carbons (Fsp3) is 0.231. The number of hydrogen-bond acceptors (Lipinski definition) is 5. The van der Waals surface area contributed by atoms with Gasteiger partial charge in [-0.2, -0.15) is 0 Å². The predicted octanol–water partition coefficient (Wildman–Crippen LogP) is 3.75. The molecule has 0 bridgehead atoms. The number of carbonyl (C=O) groups is 2. The van der Waals surface area contributed by atoms with Crippen molar-refractivity contribution in [2.75, 3.05) is 7.11 Å². The third-order valence-corrected chi connectivity index (χ3v) is 5.39. The number of benzene rings is 3. The monoisotopic (exact) mass is 461 g/mol. The summed E-state index contributed by atoms with van der Waals surface area (Å²) in [6.45, 7) is 1.86. The normalized spacial score (nSPS) is 12.3. The fourth-order valence-corrected chi connectivity index (χ4v) is 3.56. The van der Waals surface area contributed by atoms with Crippen LogP contribution in [0.15, 0.2) is 78.9 Å². The van der Waals surface area contributed by atoms with E-state index in [1.54, 1.807) is 43.5 Å². The van der Waals surface area contributed by atoms with Crippen molar-refractivity contribution in [1.82, 2.24) is 10.6 Å². The maximum atomic E-state index is 13.1. The van der Waals surface area contributed by atoms with E-state index in [-0.39, 0.29) is 36.4 Å². The van der Waals surface area contributed by atoms with Crippen LogP contribution < -0.4 is 15.4 Å². The molecule has 3 aromatic rings. The lowest BCUT2D eigenvalue weighted by Crippen LogP contribution is -2.49. The van der Waals surface area contributed by atoms with Gasteiger partial charge in [0, 0.05) is 18.6 Å². The van der Waals surface area contributed by atoms with Gasteiger partial charge in [0.2, 0.25) is 11.8 Å². The van der Waals surface area contributed by atoms with E-state index in [1.807, 2.05) is 37.3 Å². The molecule has 34 heavy (non-hydrogen) atoms. The number of methoxy groups -OCH3 is 1. The molecule has 176 valence electrons. The van der Waals surface area contributed by atoms with Gasteiger partial charge in [-0.15, -0.1) is 0 Å². The molecule has 0 saturated heterocycles. The zero-order valence-corrected chi connectivity index (χ0v) is 19.1. The summed E-state index contributed by atoms with van der Waals surface area (Å²) in [6.07, 6.45) is 0.195. The zero-order chi connectivity index (χ0) is 24.5. The topological polar surface area (TPSA) is 111 Å². The van der Waals surface area contributed by atoms with E-state index in [9.17, 15) is 19.7 Å². The average molecular weight is 462 g/mol. The second kappa shape index (κ2) is 11.6. The number of nitro benzene ring substituents is 1. The van der Waals surface area contributed by atoms with Crippen LogP contribution in [0.2, 0.25) is 0 Å². The molecule has 0 spiro atoms. The van der Waals surface area contributed by atoms with Crippen LogP contribution in [0.3, 0.4) is 0 Å². The predicted molar refractivity (Wildman–Crippen MR) is 128 cm³/mol. The minimum absolute atomic E-state index is 0.0705. The standard InChI is InChI=1S/C26H27N3O5/c1-18(21-8-4-3-5-9-21)27-26(31)24(16-20-7-6-10-22(15-20)29(32)33)28-25(30)17-19-11-13-23(34-2)14-12-19/h3-15,18,24H,16-17H2,1-2H3,(H,27,31)(H,28,30)/t18-,24+/m1/s1. The van der Waals surface area contributed by atoms with Gasteiger partial charge in [-0.05, 0) is 35.7 Å². The SMILES string of the molecule is COc1ccc(CC(=O)N[C@@H](Cc2cccc([N+](=O)[O-])c2)C(=O)N[C@H](C)c2ccccc2)cc1. The molecule has 0 aromatic heterocycles. The Morgan fingerprint density at radius 1 is 0.941 bits per heavy atom. The highest BCUT2D eigenvalue weighted by atomic mass is 16.6.